The van der Waals surface area contributed by atoms with Gasteiger partial charge in [-0.15, -0.1) is 0 Å². The molecule has 1 aromatic heterocycles. The third kappa shape index (κ3) is 2.57. The van der Waals surface area contributed by atoms with E-state index >= 15 is 0 Å². The minimum absolute atomic E-state index is 0.223. The molecule has 0 unspecified atom stereocenters. The summed E-state index contributed by atoms with van der Waals surface area (Å²) in [6.45, 7) is 0. The molecule has 1 N–H and O–H groups in total. The van der Waals surface area contributed by atoms with Crippen molar-refractivity contribution >= 4 is 39.7 Å². The van der Waals surface area contributed by atoms with Gasteiger partial charge in [-0.3, -0.25) is 0 Å². The Morgan fingerprint density at radius 2 is 2.06 bits per heavy atom. The van der Waals surface area contributed by atoms with E-state index in [1.165, 1.54) is 6.20 Å². The highest BCUT2D eigenvalue weighted by Crippen LogP contribution is 2.28. The summed E-state index contributed by atoms with van der Waals surface area (Å²) in [6.07, 6.45) is 1.36. The summed E-state index contributed by atoms with van der Waals surface area (Å²) < 4.78 is 0. The van der Waals surface area contributed by atoms with Crippen LogP contribution < -0.4 is 4.90 Å². The maximum atomic E-state index is 10.8. The van der Waals surface area contributed by atoms with Crippen molar-refractivity contribution in [2.45, 2.75) is 0 Å². The average molecular weight is 269 g/mol. The summed E-state index contributed by atoms with van der Waals surface area (Å²) in [6, 6.07) is 7.26. The Hall–Kier alpha value is -1.59. The van der Waals surface area contributed by atoms with Gasteiger partial charge in [-0.2, -0.15) is 0 Å². The van der Waals surface area contributed by atoms with Crippen LogP contribution in [0.25, 0.3) is 0 Å². The lowest BCUT2D eigenvalue weighted by molar-refractivity contribution is 0.0702. The minimum atomic E-state index is -0.960. The van der Waals surface area contributed by atoms with Gasteiger partial charge in [0.25, 0.3) is 0 Å². The van der Waals surface area contributed by atoms with E-state index in [1.807, 2.05) is 24.1 Å². The number of aromatic nitrogens is 1. The number of benzene rings is 1. The molecule has 0 radical (unpaired) electrons. The molecule has 0 aliphatic rings. The van der Waals surface area contributed by atoms with Crippen LogP contribution in [0.5, 0.6) is 0 Å². The number of thiazole rings is 1. The molecule has 0 bridgehead atoms. The highest BCUT2D eigenvalue weighted by atomic mass is 35.5. The fourth-order valence-electron chi connectivity index (χ4n) is 1.29. The smallest absolute Gasteiger partial charge is 0.347 e. The fourth-order valence-corrected chi connectivity index (χ4v) is 2.16. The Morgan fingerprint density at radius 3 is 2.59 bits per heavy atom. The van der Waals surface area contributed by atoms with Gasteiger partial charge in [-0.25, -0.2) is 9.78 Å². The zero-order valence-electron chi connectivity index (χ0n) is 8.92. The Balaban J connectivity index is 2.27. The fraction of sp³-hybridized carbons (Fsp3) is 0.0909. The summed E-state index contributed by atoms with van der Waals surface area (Å²) in [4.78, 5) is 16.9. The molecule has 17 heavy (non-hydrogen) atoms. The van der Waals surface area contributed by atoms with E-state index in [9.17, 15) is 4.79 Å². The summed E-state index contributed by atoms with van der Waals surface area (Å²) in [7, 11) is 1.83. The third-order valence-corrected chi connectivity index (χ3v) is 3.52. The first kappa shape index (κ1) is 11.9. The number of halogens is 1. The van der Waals surface area contributed by atoms with Gasteiger partial charge in [0.15, 0.2) is 5.13 Å². The molecule has 6 heteroatoms. The molecule has 2 aromatic rings. The first-order chi connectivity index (χ1) is 8.08. The number of hydrogen-bond donors (Lipinski definition) is 1. The van der Waals surface area contributed by atoms with E-state index in [-0.39, 0.29) is 4.88 Å². The van der Waals surface area contributed by atoms with Crippen LogP contribution in [0.4, 0.5) is 10.8 Å². The Kier molecular flexibility index (Phi) is 3.31. The second-order valence-corrected chi connectivity index (χ2v) is 4.79. The van der Waals surface area contributed by atoms with Crippen molar-refractivity contribution in [3.8, 4) is 0 Å². The van der Waals surface area contributed by atoms with Gasteiger partial charge >= 0.3 is 5.97 Å². The number of carboxylic acids is 1. The second kappa shape index (κ2) is 4.73. The van der Waals surface area contributed by atoms with Gasteiger partial charge in [0.2, 0.25) is 0 Å². The summed E-state index contributed by atoms with van der Waals surface area (Å²) in [5.74, 6) is -0.960. The van der Waals surface area contributed by atoms with Gasteiger partial charge in [-0.1, -0.05) is 22.9 Å². The number of anilines is 2. The van der Waals surface area contributed by atoms with Crippen molar-refractivity contribution in [2.24, 2.45) is 0 Å². The molecule has 1 heterocycles. The lowest BCUT2D eigenvalue weighted by Crippen LogP contribution is -2.08. The predicted octanol–water partition coefficient (Wildman–Crippen LogP) is 3.26. The van der Waals surface area contributed by atoms with Crippen LogP contribution in [0.3, 0.4) is 0 Å². The Labute approximate surface area is 107 Å². The van der Waals surface area contributed by atoms with Crippen LogP contribution in [0.15, 0.2) is 30.5 Å². The maximum Gasteiger partial charge on any atom is 0.347 e. The lowest BCUT2D eigenvalue weighted by Gasteiger charge is -2.15. The topological polar surface area (TPSA) is 53.4 Å². The number of carboxylic acid groups (broad SMARTS) is 1. The van der Waals surface area contributed by atoms with Gasteiger partial charge in [0.1, 0.15) is 4.88 Å². The molecule has 4 nitrogen and oxygen atoms in total. The van der Waals surface area contributed by atoms with Gasteiger partial charge < -0.3 is 10.0 Å². The minimum Gasteiger partial charge on any atom is -0.477 e. The molecule has 0 aliphatic carbocycles. The van der Waals surface area contributed by atoms with Crippen LogP contribution in [0.1, 0.15) is 9.67 Å². The first-order valence-corrected chi connectivity index (χ1v) is 5.96. The SMILES string of the molecule is CN(c1ccc(Cl)cc1)c1ncc(C(=O)O)s1. The number of aromatic carboxylic acids is 1. The highest BCUT2D eigenvalue weighted by Gasteiger charge is 2.12. The number of carbonyl (C=O) groups is 1. The Bertz CT molecular complexity index is 539. The van der Waals surface area contributed by atoms with E-state index in [0.29, 0.717) is 10.2 Å². The molecule has 1 aromatic carbocycles. The predicted molar refractivity (Wildman–Crippen MR) is 68.6 cm³/mol. The molecule has 0 aliphatic heterocycles. The van der Waals surface area contributed by atoms with E-state index in [0.717, 1.165) is 17.0 Å². The largest absolute Gasteiger partial charge is 0.477 e. The molecule has 2 rings (SSSR count). The lowest BCUT2D eigenvalue weighted by atomic mass is 10.3. The van der Waals surface area contributed by atoms with Crippen LogP contribution in [0, 0.1) is 0 Å². The van der Waals surface area contributed by atoms with Crippen molar-refractivity contribution in [3.63, 3.8) is 0 Å². The molecule has 0 amide bonds. The Morgan fingerprint density at radius 1 is 1.41 bits per heavy atom. The van der Waals surface area contributed by atoms with Crippen molar-refractivity contribution < 1.29 is 9.90 Å². The van der Waals surface area contributed by atoms with E-state index in [4.69, 9.17) is 16.7 Å². The van der Waals surface area contributed by atoms with Gasteiger partial charge in [0.05, 0.1) is 6.20 Å². The second-order valence-electron chi connectivity index (χ2n) is 3.35. The van der Waals surface area contributed by atoms with Crippen molar-refractivity contribution in [2.75, 3.05) is 11.9 Å². The zero-order valence-corrected chi connectivity index (χ0v) is 10.5. The van der Waals surface area contributed by atoms with Crippen LogP contribution in [-0.2, 0) is 0 Å². The summed E-state index contributed by atoms with van der Waals surface area (Å²) in [5, 5.41) is 10.1. The molecular formula is C11H9ClN2O2S. The standard InChI is InChI=1S/C11H9ClN2O2S/c1-14(8-4-2-7(12)3-5-8)11-13-6-9(17-11)10(15)16/h2-6H,1H3,(H,15,16). The first-order valence-electron chi connectivity index (χ1n) is 4.76. The van der Waals surface area contributed by atoms with Gasteiger partial charge in [0, 0.05) is 17.8 Å². The average Bonchev–Trinajstić information content (AvgIpc) is 2.78. The quantitative estimate of drug-likeness (QED) is 0.928. The number of hydrogen-bond acceptors (Lipinski definition) is 4. The monoisotopic (exact) mass is 268 g/mol. The van der Waals surface area contributed by atoms with E-state index in [1.54, 1.807) is 12.1 Å². The number of rotatable bonds is 3. The van der Waals surface area contributed by atoms with E-state index < -0.39 is 5.97 Å². The molecule has 0 atom stereocenters. The van der Waals surface area contributed by atoms with Crippen LogP contribution in [0.2, 0.25) is 5.02 Å². The van der Waals surface area contributed by atoms with Crippen molar-refractivity contribution in [1.82, 2.24) is 4.98 Å². The van der Waals surface area contributed by atoms with Crippen LogP contribution >= 0.6 is 22.9 Å². The van der Waals surface area contributed by atoms with Crippen molar-refractivity contribution in [3.05, 3.63) is 40.4 Å². The zero-order chi connectivity index (χ0) is 12.4. The molecule has 88 valence electrons. The summed E-state index contributed by atoms with van der Waals surface area (Å²) in [5.41, 5.74) is 0.903. The van der Waals surface area contributed by atoms with E-state index in [2.05, 4.69) is 4.98 Å². The third-order valence-electron chi connectivity index (χ3n) is 2.21. The van der Waals surface area contributed by atoms with Crippen molar-refractivity contribution in [1.29, 1.82) is 0 Å². The normalized spacial score (nSPS) is 10.2. The molecule has 0 fully saturated rings. The molecular weight excluding hydrogens is 260 g/mol. The number of nitrogens with zero attached hydrogens (tertiary/aromatic N) is 2. The van der Waals surface area contributed by atoms with Gasteiger partial charge in [-0.05, 0) is 24.3 Å². The molecule has 0 saturated heterocycles. The highest BCUT2D eigenvalue weighted by molar-refractivity contribution is 7.17. The maximum absolute atomic E-state index is 10.8. The molecule has 0 saturated carbocycles. The molecule has 0 spiro atoms. The van der Waals surface area contributed by atoms with Crippen LogP contribution in [-0.4, -0.2) is 23.1 Å². The summed E-state index contributed by atoms with van der Waals surface area (Å²) >= 11 is 6.93.